The van der Waals surface area contributed by atoms with E-state index in [4.69, 9.17) is 5.10 Å². The molecule has 4 nitrogen and oxygen atoms in total. The summed E-state index contributed by atoms with van der Waals surface area (Å²) in [6, 6.07) is 23.3. The minimum absolute atomic E-state index is 0.184. The molecule has 0 saturated heterocycles. The lowest BCUT2D eigenvalue weighted by Crippen LogP contribution is -2.18. The third-order valence-electron chi connectivity index (χ3n) is 4.72. The number of pyridine rings is 1. The van der Waals surface area contributed by atoms with Crippen LogP contribution in [0.5, 0.6) is 0 Å². The van der Waals surface area contributed by atoms with Crippen LogP contribution in [0.4, 0.5) is 11.4 Å². The van der Waals surface area contributed by atoms with Crippen LogP contribution in [0.1, 0.15) is 23.6 Å². The summed E-state index contributed by atoms with van der Waals surface area (Å²) < 4.78 is 0. The molecule has 0 spiro atoms. The van der Waals surface area contributed by atoms with E-state index in [1.54, 1.807) is 6.20 Å². The zero-order valence-electron chi connectivity index (χ0n) is 15.1. The van der Waals surface area contributed by atoms with Gasteiger partial charge in [-0.05, 0) is 35.9 Å². The molecule has 0 amide bonds. The van der Waals surface area contributed by atoms with Crippen molar-refractivity contribution in [3.8, 4) is 0 Å². The number of rotatable bonds is 4. The van der Waals surface area contributed by atoms with Gasteiger partial charge in [-0.3, -0.25) is 9.99 Å². The van der Waals surface area contributed by atoms with Crippen molar-refractivity contribution >= 4 is 17.1 Å². The van der Waals surface area contributed by atoms with E-state index in [1.807, 2.05) is 18.3 Å². The third kappa shape index (κ3) is 3.18. The average Bonchev–Trinajstić information content (AvgIpc) is 3.15. The van der Waals surface area contributed by atoms with Crippen molar-refractivity contribution < 1.29 is 0 Å². The molecule has 1 aliphatic heterocycles. The number of benzene rings is 2. The summed E-state index contributed by atoms with van der Waals surface area (Å²) in [5.41, 5.74) is 5.73. The summed E-state index contributed by atoms with van der Waals surface area (Å²) in [7, 11) is 4.12. The molecule has 1 aromatic heterocycles. The number of hydrazone groups is 1. The first-order valence-electron chi connectivity index (χ1n) is 8.82. The Morgan fingerprint density at radius 1 is 0.923 bits per heavy atom. The van der Waals surface area contributed by atoms with Gasteiger partial charge in [0, 0.05) is 44.2 Å². The van der Waals surface area contributed by atoms with E-state index < -0.39 is 0 Å². The van der Waals surface area contributed by atoms with E-state index in [9.17, 15) is 0 Å². The quantitative estimate of drug-likeness (QED) is 0.699. The van der Waals surface area contributed by atoms with Crippen LogP contribution < -0.4 is 9.91 Å². The van der Waals surface area contributed by atoms with Crippen LogP contribution in [0.15, 0.2) is 84.2 Å². The van der Waals surface area contributed by atoms with Gasteiger partial charge in [-0.25, -0.2) is 0 Å². The van der Waals surface area contributed by atoms with Crippen molar-refractivity contribution in [1.29, 1.82) is 0 Å². The van der Waals surface area contributed by atoms with Gasteiger partial charge < -0.3 is 4.90 Å². The van der Waals surface area contributed by atoms with Crippen LogP contribution in [0.25, 0.3) is 0 Å². The highest BCUT2D eigenvalue weighted by molar-refractivity contribution is 6.03. The molecule has 1 atom stereocenters. The molecule has 26 heavy (non-hydrogen) atoms. The smallest absolute Gasteiger partial charge is 0.0831 e. The Morgan fingerprint density at radius 2 is 1.69 bits per heavy atom. The Kier molecular flexibility index (Phi) is 4.40. The first-order chi connectivity index (χ1) is 12.7. The van der Waals surface area contributed by atoms with E-state index in [0.717, 1.165) is 23.4 Å². The van der Waals surface area contributed by atoms with Gasteiger partial charge in [0.05, 0.1) is 17.4 Å². The van der Waals surface area contributed by atoms with Gasteiger partial charge in [0.15, 0.2) is 0 Å². The Bertz CT molecular complexity index is 886. The molecule has 4 rings (SSSR count). The minimum Gasteiger partial charge on any atom is -0.378 e. The highest BCUT2D eigenvalue weighted by Crippen LogP contribution is 2.36. The highest BCUT2D eigenvalue weighted by atomic mass is 15.5. The molecular formula is C22H22N4. The Labute approximate surface area is 154 Å². The Morgan fingerprint density at radius 3 is 2.35 bits per heavy atom. The first kappa shape index (κ1) is 16.3. The van der Waals surface area contributed by atoms with Crippen LogP contribution in [0.2, 0.25) is 0 Å². The molecule has 0 fully saturated rings. The number of hydrogen-bond donors (Lipinski definition) is 0. The molecule has 0 aliphatic carbocycles. The van der Waals surface area contributed by atoms with Gasteiger partial charge in [0.25, 0.3) is 0 Å². The molecule has 1 unspecified atom stereocenters. The summed E-state index contributed by atoms with van der Waals surface area (Å²) >= 11 is 0. The lowest BCUT2D eigenvalue weighted by Gasteiger charge is -2.24. The van der Waals surface area contributed by atoms with Crippen LogP contribution in [-0.4, -0.2) is 24.8 Å². The van der Waals surface area contributed by atoms with Crippen molar-refractivity contribution in [3.63, 3.8) is 0 Å². The van der Waals surface area contributed by atoms with E-state index in [1.165, 1.54) is 11.3 Å². The Balaban J connectivity index is 1.71. The van der Waals surface area contributed by atoms with Crippen LogP contribution >= 0.6 is 0 Å². The lowest BCUT2D eigenvalue weighted by atomic mass is 9.98. The topological polar surface area (TPSA) is 31.7 Å². The molecule has 0 N–H and O–H groups in total. The summed E-state index contributed by atoms with van der Waals surface area (Å²) in [6.45, 7) is 0. The Hall–Kier alpha value is -3.14. The van der Waals surface area contributed by atoms with Gasteiger partial charge >= 0.3 is 0 Å². The lowest BCUT2D eigenvalue weighted by molar-refractivity contribution is 0.709. The largest absolute Gasteiger partial charge is 0.378 e. The fourth-order valence-electron chi connectivity index (χ4n) is 3.29. The summed E-state index contributed by atoms with van der Waals surface area (Å²) in [4.78, 5) is 6.37. The summed E-state index contributed by atoms with van der Waals surface area (Å²) in [5, 5.41) is 7.08. The third-order valence-corrected chi connectivity index (χ3v) is 4.72. The summed E-state index contributed by atoms with van der Waals surface area (Å²) in [5.74, 6) is 0. The summed E-state index contributed by atoms with van der Waals surface area (Å²) in [6.07, 6.45) is 4.55. The first-order valence-corrected chi connectivity index (χ1v) is 8.82. The fraction of sp³-hybridized carbons (Fsp3) is 0.182. The van der Waals surface area contributed by atoms with E-state index >= 15 is 0 Å². The predicted octanol–water partition coefficient (Wildman–Crippen LogP) is 4.50. The molecule has 1 aliphatic rings. The second-order valence-corrected chi connectivity index (χ2v) is 6.67. The molecule has 0 bridgehead atoms. The second kappa shape index (κ2) is 7.00. The molecule has 130 valence electrons. The number of anilines is 2. The number of para-hydroxylation sites is 1. The van der Waals surface area contributed by atoms with Gasteiger partial charge in [0.2, 0.25) is 0 Å². The molecule has 3 aromatic rings. The monoisotopic (exact) mass is 342 g/mol. The number of aromatic nitrogens is 1. The van der Waals surface area contributed by atoms with Gasteiger partial charge in [-0.2, -0.15) is 5.10 Å². The maximum Gasteiger partial charge on any atom is 0.0831 e. The van der Waals surface area contributed by atoms with Gasteiger partial charge in [-0.15, -0.1) is 0 Å². The maximum absolute atomic E-state index is 4.94. The minimum atomic E-state index is 0.184. The normalized spacial score (nSPS) is 16.5. The zero-order chi connectivity index (χ0) is 17.9. The van der Waals surface area contributed by atoms with E-state index in [0.29, 0.717) is 0 Å². The van der Waals surface area contributed by atoms with Gasteiger partial charge in [0.1, 0.15) is 0 Å². The average molecular weight is 342 g/mol. The molecule has 2 heterocycles. The van der Waals surface area contributed by atoms with Crippen LogP contribution in [-0.2, 0) is 0 Å². The van der Waals surface area contributed by atoms with Crippen molar-refractivity contribution in [1.82, 2.24) is 4.98 Å². The van der Waals surface area contributed by atoms with Crippen LogP contribution in [0, 0.1) is 0 Å². The molecule has 4 heteroatoms. The van der Waals surface area contributed by atoms with Crippen molar-refractivity contribution in [2.45, 2.75) is 12.5 Å². The van der Waals surface area contributed by atoms with Crippen molar-refractivity contribution in [2.75, 3.05) is 24.0 Å². The maximum atomic E-state index is 4.94. The fourth-order valence-corrected chi connectivity index (χ4v) is 3.29. The molecule has 0 saturated carbocycles. The van der Waals surface area contributed by atoms with Crippen molar-refractivity contribution in [3.05, 3.63) is 90.3 Å². The van der Waals surface area contributed by atoms with E-state index in [-0.39, 0.29) is 6.04 Å². The molecule has 0 radical (unpaired) electrons. The predicted molar refractivity (Wildman–Crippen MR) is 108 cm³/mol. The molecule has 2 aromatic carbocycles. The highest BCUT2D eigenvalue weighted by Gasteiger charge is 2.29. The molecular weight excluding hydrogens is 320 g/mol. The number of nitrogens with zero attached hydrogens (tertiary/aromatic N) is 4. The van der Waals surface area contributed by atoms with Gasteiger partial charge in [-0.1, -0.05) is 36.4 Å². The van der Waals surface area contributed by atoms with E-state index in [2.05, 4.69) is 83.6 Å². The van der Waals surface area contributed by atoms with Crippen LogP contribution in [0.3, 0.4) is 0 Å². The SMILES string of the molecule is CN(C)c1ccc(C2CC(c3cccnc3)=NN2c2ccccc2)cc1. The number of hydrogen-bond acceptors (Lipinski definition) is 4. The zero-order valence-corrected chi connectivity index (χ0v) is 15.1. The van der Waals surface area contributed by atoms with Crippen molar-refractivity contribution in [2.24, 2.45) is 5.10 Å². The second-order valence-electron chi connectivity index (χ2n) is 6.67. The standard InChI is InChI=1S/C22H22N4/c1-25(2)19-12-10-17(11-13-19)22-15-21(18-7-6-14-23-16-18)24-26(22)20-8-4-3-5-9-20/h3-14,16,22H,15H2,1-2H3.